The molecule has 11 heteroatoms. The largest absolute Gasteiger partial charge is 0.481 e. The maximum absolute atomic E-state index is 12.4. The van der Waals surface area contributed by atoms with Crippen molar-refractivity contribution in [1.82, 2.24) is 16.0 Å². The zero-order chi connectivity index (χ0) is 27.0. The molecule has 4 unspecified atom stereocenters. The van der Waals surface area contributed by atoms with E-state index >= 15 is 0 Å². The van der Waals surface area contributed by atoms with E-state index in [-0.39, 0.29) is 30.6 Å². The molecule has 3 amide bonds. The summed E-state index contributed by atoms with van der Waals surface area (Å²) in [5.74, 6) is -2.50. The maximum atomic E-state index is 12.4. The van der Waals surface area contributed by atoms with Crippen molar-refractivity contribution in [2.45, 2.75) is 97.9 Å². The van der Waals surface area contributed by atoms with Gasteiger partial charge in [-0.3, -0.25) is 14.9 Å². The monoisotopic (exact) mass is 496 g/mol. The molecule has 1 aliphatic carbocycles. The number of carbonyl (C=O) groups is 4. The van der Waals surface area contributed by atoms with Crippen LogP contribution in [0.25, 0.3) is 0 Å². The van der Waals surface area contributed by atoms with Crippen LogP contribution in [-0.4, -0.2) is 58.4 Å². The van der Waals surface area contributed by atoms with E-state index in [1.165, 1.54) is 6.92 Å². The Morgan fingerprint density at radius 1 is 1.06 bits per heavy atom. The Hall–Kier alpha value is -3.11. The third-order valence-electron chi connectivity index (χ3n) is 4.91. The molecule has 0 aromatic rings. The van der Waals surface area contributed by atoms with Gasteiger partial charge < -0.3 is 25.2 Å². The van der Waals surface area contributed by atoms with Gasteiger partial charge in [0.15, 0.2) is 0 Å². The van der Waals surface area contributed by atoms with Crippen LogP contribution in [0, 0.1) is 11.8 Å². The smallest absolute Gasteiger partial charge is 0.437 e. The first-order chi connectivity index (χ1) is 16.0. The predicted octanol–water partition coefficient (Wildman–Crippen LogP) is 3.34. The summed E-state index contributed by atoms with van der Waals surface area (Å²) < 4.78 is 10.5. The van der Waals surface area contributed by atoms with Gasteiger partial charge in [-0.05, 0) is 60.8 Å². The summed E-state index contributed by atoms with van der Waals surface area (Å²) in [6, 6.07) is -0.996. The molecule has 11 nitrogen and oxygen atoms in total. The third-order valence-corrected chi connectivity index (χ3v) is 4.91. The molecule has 0 spiro atoms. The van der Waals surface area contributed by atoms with E-state index in [2.05, 4.69) is 20.9 Å². The lowest BCUT2D eigenvalue weighted by Gasteiger charge is -2.29. The van der Waals surface area contributed by atoms with Gasteiger partial charge in [0.05, 0.1) is 12.0 Å². The van der Waals surface area contributed by atoms with Gasteiger partial charge in [0.25, 0.3) is 0 Å². The number of ether oxygens (including phenoxy) is 2. The number of guanidine groups is 1. The lowest BCUT2D eigenvalue weighted by atomic mass is 9.93. The average molecular weight is 497 g/mol. The summed E-state index contributed by atoms with van der Waals surface area (Å²) in [5, 5.41) is 17.9. The summed E-state index contributed by atoms with van der Waals surface area (Å²) in [6.45, 7) is 13.4. The van der Waals surface area contributed by atoms with E-state index in [1.807, 2.05) is 19.1 Å². The van der Waals surface area contributed by atoms with Gasteiger partial charge in [-0.2, -0.15) is 0 Å². The van der Waals surface area contributed by atoms with Crippen molar-refractivity contribution in [3.8, 4) is 0 Å². The Bertz CT molecular complexity index is 840. The standard InChI is InChI=1S/C24H40N4O7/c1-9-10-11-17(25-14(2)29)16-12-15(19(30)31)13-18(16)26-20(27-21(32)34-23(3,4)5)28-22(33)35-24(6,7)8/h10-11,15-18H,9,12-13H2,1-8H3,(H,25,29)(H,30,31)(H2,26,27,28,32,33). The van der Waals surface area contributed by atoms with Gasteiger partial charge in [-0.25, -0.2) is 9.59 Å². The molecule has 1 fully saturated rings. The van der Waals surface area contributed by atoms with Crippen molar-refractivity contribution >= 4 is 30.0 Å². The van der Waals surface area contributed by atoms with Gasteiger partial charge in [-0.15, -0.1) is 4.99 Å². The Kier molecular flexibility index (Phi) is 10.7. The van der Waals surface area contributed by atoms with E-state index in [4.69, 9.17) is 9.47 Å². The molecule has 198 valence electrons. The van der Waals surface area contributed by atoms with Crippen molar-refractivity contribution in [2.75, 3.05) is 0 Å². The molecule has 0 saturated heterocycles. The second-order valence-electron chi connectivity index (χ2n) is 10.6. The second-order valence-corrected chi connectivity index (χ2v) is 10.6. The molecule has 35 heavy (non-hydrogen) atoms. The Morgan fingerprint density at radius 3 is 2.14 bits per heavy atom. The normalized spacial score (nSPS) is 21.8. The van der Waals surface area contributed by atoms with Crippen molar-refractivity contribution in [1.29, 1.82) is 0 Å². The molecule has 0 aliphatic heterocycles. The quantitative estimate of drug-likeness (QED) is 0.248. The van der Waals surface area contributed by atoms with E-state index in [0.29, 0.717) is 0 Å². The fourth-order valence-corrected chi connectivity index (χ4v) is 3.70. The highest BCUT2D eigenvalue weighted by Crippen LogP contribution is 2.34. The summed E-state index contributed by atoms with van der Waals surface area (Å²) in [6.07, 6.45) is 3.13. The highest BCUT2D eigenvalue weighted by Gasteiger charge is 2.42. The minimum atomic E-state index is -0.967. The molecule has 1 rings (SSSR count). The fourth-order valence-electron chi connectivity index (χ4n) is 3.70. The van der Waals surface area contributed by atoms with Crippen LogP contribution in [0.15, 0.2) is 17.1 Å². The molecule has 1 aliphatic rings. The lowest BCUT2D eigenvalue weighted by molar-refractivity contribution is -0.141. The minimum Gasteiger partial charge on any atom is -0.481 e. The van der Waals surface area contributed by atoms with Crippen molar-refractivity contribution in [3.05, 3.63) is 12.2 Å². The Labute approximate surface area is 207 Å². The Morgan fingerprint density at radius 2 is 1.66 bits per heavy atom. The fraction of sp³-hybridized carbons (Fsp3) is 0.708. The number of allylic oxidation sites excluding steroid dienone is 1. The first-order valence-corrected chi connectivity index (χ1v) is 11.8. The number of alkyl carbamates (subject to hydrolysis) is 1. The number of carboxylic acid groups (broad SMARTS) is 1. The van der Waals surface area contributed by atoms with Crippen LogP contribution < -0.4 is 16.0 Å². The molecule has 0 radical (unpaired) electrons. The van der Waals surface area contributed by atoms with Crippen molar-refractivity contribution < 1.29 is 33.8 Å². The van der Waals surface area contributed by atoms with Crippen molar-refractivity contribution in [3.63, 3.8) is 0 Å². The van der Waals surface area contributed by atoms with Gasteiger partial charge >= 0.3 is 18.2 Å². The SMILES string of the molecule is CCC=CC(NC(C)=O)C1CC(C(=O)O)CC1NC(=NC(=O)OC(C)(C)C)NC(=O)OC(C)(C)C. The topological polar surface area (TPSA) is 155 Å². The molecule has 4 atom stereocenters. The molecule has 0 bridgehead atoms. The first kappa shape index (κ1) is 29.9. The number of hydrogen-bond acceptors (Lipinski definition) is 6. The Balaban J connectivity index is 3.29. The highest BCUT2D eigenvalue weighted by atomic mass is 16.6. The second kappa shape index (κ2) is 12.6. The van der Waals surface area contributed by atoms with Crippen LogP contribution in [0.1, 0.15) is 74.7 Å². The van der Waals surface area contributed by atoms with Crippen LogP contribution in [0.5, 0.6) is 0 Å². The number of nitrogens with zero attached hydrogens (tertiary/aromatic N) is 1. The molecular formula is C24H40N4O7. The number of carbonyl (C=O) groups excluding carboxylic acids is 3. The number of aliphatic carboxylic acids is 1. The minimum absolute atomic E-state index is 0.194. The summed E-state index contributed by atoms with van der Waals surface area (Å²) >= 11 is 0. The zero-order valence-corrected chi connectivity index (χ0v) is 21.9. The zero-order valence-electron chi connectivity index (χ0n) is 21.9. The summed E-state index contributed by atoms with van der Waals surface area (Å²) in [5.41, 5.74) is -1.61. The molecule has 0 heterocycles. The predicted molar refractivity (Wildman–Crippen MR) is 131 cm³/mol. The van der Waals surface area contributed by atoms with Gasteiger partial charge in [0.2, 0.25) is 11.9 Å². The molecular weight excluding hydrogens is 456 g/mol. The molecule has 1 saturated carbocycles. The van der Waals surface area contributed by atoms with Crippen LogP contribution in [0.4, 0.5) is 9.59 Å². The number of amides is 3. The van der Waals surface area contributed by atoms with Gasteiger partial charge in [0.1, 0.15) is 11.2 Å². The highest BCUT2D eigenvalue weighted by molar-refractivity contribution is 5.99. The first-order valence-electron chi connectivity index (χ1n) is 11.8. The van der Waals surface area contributed by atoms with E-state index in [9.17, 15) is 24.3 Å². The summed E-state index contributed by atoms with van der Waals surface area (Å²) in [4.78, 5) is 52.3. The lowest BCUT2D eigenvalue weighted by Crippen LogP contribution is -2.52. The van der Waals surface area contributed by atoms with Crippen LogP contribution >= 0.6 is 0 Å². The van der Waals surface area contributed by atoms with Gasteiger partial charge in [0, 0.05) is 18.9 Å². The number of aliphatic imine (C=N–C) groups is 1. The average Bonchev–Trinajstić information content (AvgIpc) is 3.05. The van der Waals surface area contributed by atoms with Crippen molar-refractivity contribution in [2.24, 2.45) is 16.8 Å². The van der Waals surface area contributed by atoms with Crippen LogP contribution in [-0.2, 0) is 19.1 Å². The number of nitrogens with one attached hydrogen (secondary N) is 3. The van der Waals surface area contributed by atoms with Crippen LogP contribution in [0.2, 0.25) is 0 Å². The molecule has 0 aromatic heterocycles. The van der Waals surface area contributed by atoms with E-state index in [1.54, 1.807) is 41.5 Å². The molecule has 0 aromatic carbocycles. The number of rotatable bonds is 6. The molecule has 4 N–H and O–H groups in total. The summed E-state index contributed by atoms with van der Waals surface area (Å²) in [7, 11) is 0. The van der Waals surface area contributed by atoms with E-state index < -0.39 is 47.4 Å². The number of hydrogen-bond donors (Lipinski definition) is 4. The van der Waals surface area contributed by atoms with E-state index in [0.717, 1.165) is 6.42 Å². The number of carboxylic acids is 1. The maximum Gasteiger partial charge on any atom is 0.437 e. The van der Waals surface area contributed by atoms with Crippen LogP contribution in [0.3, 0.4) is 0 Å². The van der Waals surface area contributed by atoms with Gasteiger partial charge in [-0.1, -0.05) is 19.1 Å². The third kappa shape index (κ3) is 11.7.